The quantitative estimate of drug-likeness (QED) is 0.200. The van der Waals surface area contributed by atoms with Gasteiger partial charge in [-0.3, -0.25) is 0 Å². The first-order chi connectivity index (χ1) is 11.8. The van der Waals surface area contributed by atoms with Crippen molar-refractivity contribution in [1.82, 2.24) is 0 Å². The van der Waals surface area contributed by atoms with Crippen LogP contribution in [0.3, 0.4) is 0 Å². The molecule has 0 spiro atoms. The highest BCUT2D eigenvalue weighted by Gasteiger charge is 2.45. The molecule has 1 radical (unpaired) electrons. The molecule has 0 aliphatic rings. The average molecular weight is 523 g/mol. The molecule has 161 valence electrons. The van der Waals surface area contributed by atoms with Crippen LogP contribution in [0.2, 0.25) is 77.6 Å². The second-order valence-electron chi connectivity index (χ2n) is 9.37. The van der Waals surface area contributed by atoms with Gasteiger partial charge in [-0.2, -0.15) is 0 Å². The summed E-state index contributed by atoms with van der Waals surface area (Å²) in [6.45, 7) is 25.3. The minimum absolute atomic E-state index is 0.903. The smallest absolute Gasteiger partial charge is 0.314 e. The molecule has 0 atom stereocenters. The van der Waals surface area contributed by atoms with Crippen molar-refractivity contribution in [2.75, 3.05) is 0 Å². The Morgan fingerprint density at radius 1 is 0.741 bits per heavy atom. The molecule has 0 aromatic heterocycles. The van der Waals surface area contributed by atoms with Gasteiger partial charge in [-0.25, -0.2) is 0 Å². The van der Waals surface area contributed by atoms with E-state index in [2.05, 4.69) is 72.0 Å². The summed E-state index contributed by atoms with van der Waals surface area (Å²) in [5, 5.41) is 0. The molecule has 12 heteroatoms. The Labute approximate surface area is 183 Å². The van der Waals surface area contributed by atoms with E-state index in [1.807, 2.05) is 5.70 Å². The summed E-state index contributed by atoms with van der Waals surface area (Å²) in [7, 11) is -11.9. The Kier molecular flexibility index (Phi) is 11.2. The molecule has 0 rings (SSSR count). The van der Waals surface area contributed by atoms with Crippen LogP contribution in [-0.4, -0.2) is 49.7 Å². The highest BCUT2D eigenvalue weighted by atomic mass is 35.7. The SMILES string of the molecule is C=C[Si](C)(C)O[Si](C)(C)O[Si](C)(C)O[Si](C)(C)O[Si](C)(C)CCC[Si](Cl)Cl. The topological polar surface area (TPSA) is 36.9 Å². The lowest BCUT2D eigenvalue weighted by atomic mass is 10.6. The van der Waals surface area contributed by atoms with Crippen molar-refractivity contribution < 1.29 is 16.5 Å². The molecule has 0 saturated carbocycles. The summed E-state index contributed by atoms with van der Waals surface area (Å²) in [6, 6.07) is 1.95. The molecule has 0 fully saturated rings. The fraction of sp³-hybridized carbons (Fsp3) is 0.867. The van der Waals surface area contributed by atoms with Crippen LogP contribution in [-0.2, 0) is 16.5 Å². The van der Waals surface area contributed by atoms with Gasteiger partial charge in [-0.1, -0.05) is 12.1 Å². The maximum Gasteiger partial charge on any atom is 0.314 e. The first-order valence-electron chi connectivity index (χ1n) is 9.41. The highest BCUT2D eigenvalue weighted by molar-refractivity contribution is 7.33. The summed E-state index contributed by atoms with van der Waals surface area (Å²) in [5.41, 5.74) is 1.95. The van der Waals surface area contributed by atoms with Gasteiger partial charge in [-0.05, 0) is 77.6 Å². The monoisotopic (exact) mass is 521 g/mol. The minimum atomic E-state index is -2.39. The van der Waals surface area contributed by atoms with Gasteiger partial charge in [0.2, 0.25) is 0 Å². The maximum atomic E-state index is 6.58. The predicted molar refractivity (Wildman–Crippen MR) is 134 cm³/mol. The summed E-state index contributed by atoms with van der Waals surface area (Å²) >= 11 is 11.9. The minimum Gasteiger partial charge on any atom is -0.436 e. The molecule has 0 bridgehead atoms. The van der Waals surface area contributed by atoms with E-state index in [4.69, 9.17) is 38.6 Å². The molecular formula is C15H39Cl2O4Si6. The predicted octanol–water partition coefficient (Wildman–Crippen LogP) is 6.65. The maximum absolute atomic E-state index is 6.58. The molecule has 0 unspecified atom stereocenters. The van der Waals surface area contributed by atoms with Gasteiger partial charge in [0.05, 0.1) is 0 Å². The van der Waals surface area contributed by atoms with E-state index in [1.165, 1.54) is 0 Å². The van der Waals surface area contributed by atoms with Crippen molar-refractivity contribution in [1.29, 1.82) is 0 Å². The van der Waals surface area contributed by atoms with Crippen molar-refractivity contribution in [3.05, 3.63) is 12.3 Å². The van der Waals surface area contributed by atoms with Crippen molar-refractivity contribution in [2.24, 2.45) is 0 Å². The average Bonchev–Trinajstić information content (AvgIpc) is 2.31. The van der Waals surface area contributed by atoms with Crippen LogP contribution >= 0.6 is 22.2 Å². The van der Waals surface area contributed by atoms with Crippen LogP contribution in [0.15, 0.2) is 12.3 Å². The zero-order valence-corrected chi connectivity index (χ0v) is 26.3. The molecular weight excluding hydrogens is 484 g/mol. The van der Waals surface area contributed by atoms with E-state index in [-0.39, 0.29) is 0 Å². The normalized spacial score (nSPS) is 14.7. The van der Waals surface area contributed by atoms with Crippen molar-refractivity contribution in [3.8, 4) is 0 Å². The molecule has 0 aliphatic carbocycles. The van der Waals surface area contributed by atoms with Crippen molar-refractivity contribution >= 4 is 71.9 Å². The molecule has 27 heavy (non-hydrogen) atoms. The number of halogens is 2. The molecule has 0 aliphatic heterocycles. The molecule has 0 aromatic carbocycles. The van der Waals surface area contributed by atoms with E-state index in [0.717, 1.165) is 18.5 Å². The lowest BCUT2D eigenvalue weighted by Gasteiger charge is -2.42. The standard InChI is InChI=1S/C15H39Cl2O4Si6/c1-12-23(2,3)18-25(6,7)20-27(10,11)21-26(8,9)19-24(4,5)15-13-14-22(16)17/h12H,1,13-15H2,2-11H3. The van der Waals surface area contributed by atoms with E-state index in [0.29, 0.717) is 0 Å². The third kappa shape index (κ3) is 14.2. The van der Waals surface area contributed by atoms with Gasteiger partial charge in [0.15, 0.2) is 16.6 Å². The summed E-state index contributed by atoms with van der Waals surface area (Å²) < 4.78 is 26.0. The van der Waals surface area contributed by atoms with E-state index < -0.39 is 49.7 Å². The second kappa shape index (κ2) is 10.7. The van der Waals surface area contributed by atoms with Crippen molar-refractivity contribution in [3.63, 3.8) is 0 Å². The van der Waals surface area contributed by atoms with Crippen LogP contribution in [0.4, 0.5) is 0 Å². The molecule has 0 amide bonds. The van der Waals surface area contributed by atoms with Gasteiger partial charge in [0.1, 0.15) is 0 Å². The first kappa shape index (κ1) is 28.5. The van der Waals surface area contributed by atoms with Crippen LogP contribution in [0, 0.1) is 0 Å². The van der Waals surface area contributed by atoms with Gasteiger partial charge in [-0.15, -0.1) is 28.7 Å². The zero-order valence-electron chi connectivity index (χ0n) is 18.8. The Hall–Kier alpha value is 1.46. The Morgan fingerprint density at radius 2 is 1.15 bits per heavy atom. The summed E-state index contributed by atoms with van der Waals surface area (Å²) in [6.07, 6.45) is 1.03. The van der Waals surface area contributed by atoms with E-state index >= 15 is 0 Å². The Balaban J connectivity index is 4.90. The lowest BCUT2D eigenvalue weighted by Crippen LogP contribution is -2.58. The van der Waals surface area contributed by atoms with Crippen LogP contribution < -0.4 is 0 Å². The first-order valence-corrected chi connectivity index (χ1v) is 27.7. The van der Waals surface area contributed by atoms with E-state index in [1.54, 1.807) is 0 Å². The third-order valence-corrected chi connectivity index (χ3v) is 24.2. The molecule has 4 nitrogen and oxygen atoms in total. The molecule has 0 saturated heterocycles. The highest BCUT2D eigenvalue weighted by Crippen LogP contribution is 2.28. The Morgan fingerprint density at radius 3 is 1.56 bits per heavy atom. The molecule has 0 aromatic rings. The van der Waals surface area contributed by atoms with Crippen molar-refractivity contribution in [2.45, 2.75) is 84.0 Å². The molecule has 0 N–H and O–H groups in total. The molecule has 0 heterocycles. The van der Waals surface area contributed by atoms with Crippen LogP contribution in [0.1, 0.15) is 6.42 Å². The Bertz CT molecular complexity index is 487. The van der Waals surface area contributed by atoms with Gasteiger partial charge < -0.3 is 16.5 Å². The van der Waals surface area contributed by atoms with Gasteiger partial charge >= 0.3 is 25.7 Å². The fourth-order valence-electron chi connectivity index (χ4n) is 3.29. The zero-order chi connectivity index (χ0) is 21.7. The van der Waals surface area contributed by atoms with Gasteiger partial charge in [0.25, 0.3) is 7.42 Å². The number of rotatable bonds is 13. The van der Waals surface area contributed by atoms with Crippen LogP contribution in [0.5, 0.6) is 0 Å². The summed E-state index contributed by atoms with van der Waals surface area (Å²) in [5.74, 6) is 0. The number of hydrogen-bond acceptors (Lipinski definition) is 4. The largest absolute Gasteiger partial charge is 0.436 e. The van der Waals surface area contributed by atoms with E-state index in [9.17, 15) is 0 Å². The lowest BCUT2D eigenvalue weighted by molar-refractivity contribution is 0.299. The summed E-state index contributed by atoms with van der Waals surface area (Å²) in [4.78, 5) is 0. The number of hydrogen-bond donors (Lipinski definition) is 0. The fourth-order valence-corrected chi connectivity index (χ4v) is 28.1. The van der Waals surface area contributed by atoms with Gasteiger partial charge in [0, 0.05) is 0 Å². The van der Waals surface area contributed by atoms with Crippen LogP contribution in [0.25, 0.3) is 0 Å². The second-order valence-corrected chi connectivity index (χ2v) is 33.2. The third-order valence-electron chi connectivity index (χ3n) is 3.65.